The van der Waals surface area contributed by atoms with Crippen LogP contribution in [0.5, 0.6) is 11.5 Å². The predicted molar refractivity (Wildman–Crippen MR) is 93.6 cm³/mol. The molecule has 0 aliphatic rings. The maximum Gasteiger partial charge on any atom is 0.269 e. The molecule has 0 saturated heterocycles. The number of carbonyl (C=O) groups excluding carboxylic acids is 1. The van der Waals surface area contributed by atoms with Crippen molar-refractivity contribution in [3.05, 3.63) is 64.7 Å². The molecule has 124 valence electrons. The van der Waals surface area contributed by atoms with Gasteiger partial charge in [0.05, 0.1) is 0 Å². The van der Waals surface area contributed by atoms with E-state index in [-0.39, 0.29) is 17.2 Å². The lowest BCUT2D eigenvalue weighted by Crippen LogP contribution is -2.18. The molecule has 24 heavy (non-hydrogen) atoms. The van der Waals surface area contributed by atoms with Crippen molar-refractivity contribution in [2.75, 3.05) is 7.05 Å². The molecule has 3 aromatic rings. The van der Waals surface area contributed by atoms with Crippen LogP contribution in [0.15, 0.2) is 53.5 Å². The highest BCUT2D eigenvalue weighted by Gasteiger charge is 2.07. The molecule has 0 aliphatic heterocycles. The number of hydrogen-bond donors (Lipinski definition) is 2. The fourth-order valence-corrected chi connectivity index (χ4v) is 2.06. The summed E-state index contributed by atoms with van der Waals surface area (Å²) in [5.74, 6) is 0.840. The summed E-state index contributed by atoms with van der Waals surface area (Å²) >= 11 is 0. The summed E-state index contributed by atoms with van der Waals surface area (Å²) in [6.45, 7) is 4.00. The number of carbonyl (C=O) groups is 1. The monoisotopic (exact) mass is 325 g/mol. The summed E-state index contributed by atoms with van der Waals surface area (Å²) in [4.78, 5) is 29.5. The highest BCUT2D eigenvalue weighted by molar-refractivity contribution is 5.92. The van der Waals surface area contributed by atoms with Crippen molar-refractivity contribution in [2.45, 2.75) is 13.8 Å². The smallest absolute Gasteiger partial charge is 0.269 e. The zero-order chi connectivity index (χ0) is 17.5. The van der Waals surface area contributed by atoms with Crippen LogP contribution in [0.3, 0.4) is 0 Å². The van der Waals surface area contributed by atoms with Gasteiger partial charge in [-0.2, -0.15) is 0 Å². The van der Waals surface area contributed by atoms with E-state index in [4.69, 9.17) is 4.74 Å². The number of nitrogens with zero attached hydrogens (tertiary/aromatic N) is 1. The van der Waals surface area contributed by atoms with Crippen molar-refractivity contribution < 1.29 is 9.53 Å². The zero-order valence-corrected chi connectivity index (χ0v) is 13.8. The molecule has 0 saturated carbocycles. The third-order valence-corrected chi connectivity index (χ3v) is 3.12. The fourth-order valence-electron chi connectivity index (χ4n) is 2.06. The molecule has 0 spiro atoms. The van der Waals surface area contributed by atoms with Gasteiger partial charge in [0.25, 0.3) is 5.91 Å². The van der Waals surface area contributed by atoms with Crippen LogP contribution in [0, 0.1) is 0 Å². The van der Waals surface area contributed by atoms with Gasteiger partial charge in [-0.1, -0.05) is 13.8 Å². The molecule has 3 rings (SSSR count). The van der Waals surface area contributed by atoms with Crippen LogP contribution >= 0.6 is 0 Å². The van der Waals surface area contributed by atoms with Crippen molar-refractivity contribution >= 4 is 16.8 Å². The molecule has 0 bridgehead atoms. The fraction of sp³-hybridized carbons (Fsp3) is 0.167. The lowest BCUT2D eigenvalue weighted by atomic mass is 10.2. The molecule has 0 fully saturated rings. The third-order valence-electron chi connectivity index (χ3n) is 3.12. The first-order valence-electron chi connectivity index (χ1n) is 7.65. The lowest BCUT2D eigenvalue weighted by Gasteiger charge is -2.07. The van der Waals surface area contributed by atoms with E-state index in [0.717, 1.165) is 10.9 Å². The highest BCUT2D eigenvalue weighted by Crippen LogP contribution is 2.24. The Morgan fingerprint density at radius 3 is 2.58 bits per heavy atom. The first-order valence-corrected chi connectivity index (χ1v) is 7.65. The van der Waals surface area contributed by atoms with E-state index in [9.17, 15) is 9.59 Å². The summed E-state index contributed by atoms with van der Waals surface area (Å²) in [5, 5.41) is 3.37. The average Bonchev–Trinajstić information content (AvgIpc) is 2.63. The SMILES string of the molecule is CC.CNC(=O)c1cc(Oc2ccc3[nH]c(=O)ccc3c2)ccn1. The topological polar surface area (TPSA) is 84.1 Å². The van der Waals surface area contributed by atoms with Gasteiger partial charge in [0.1, 0.15) is 17.2 Å². The second-order valence-electron chi connectivity index (χ2n) is 4.63. The number of hydrogen-bond acceptors (Lipinski definition) is 4. The summed E-state index contributed by atoms with van der Waals surface area (Å²) in [6, 6.07) is 11.8. The molecular formula is C18H19N3O3. The summed E-state index contributed by atoms with van der Waals surface area (Å²) in [6.07, 6.45) is 1.51. The van der Waals surface area contributed by atoms with Crippen molar-refractivity contribution in [3.63, 3.8) is 0 Å². The predicted octanol–water partition coefficient (Wildman–Crippen LogP) is 3.10. The Bertz CT molecular complexity index is 903. The average molecular weight is 325 g/mol. The molecule has 2 heterocycles. The maximum atomic E-state index is 11.6. The first kappa shape index (κ1) is 17.2. The normalized spacial score (nSPS) is 9.79. The van der Waals surface area contributed by atoms with Gasteiger partial charge < -0.3 is 15.0 Å². The molecule has 2 aromatic heterocycles. The van der Waals surface area contributed by atoms with Crippen LogP contribution in [-0.4, -0.2) is 22.9 Å². The third kappa shape index (κ3) is 3.98. The van der Waals surface area contributed by atoms with Crippen LogP contribution in [-0.2, 0) is 0 Å². The molecule has 1 aromatic carbocycles. The van der Waals surface area contributed by atoms with E-state index < -0.39 is 0 Å². The molecule has 0 unspecified atom stereocenters. The van der Waals surface area contributed by atoms with Crippen LogP contribution in [0.2, 0.25) is 0 Å². The lowest BCUT2D eigenvalue weighted by molar-refractivity contribution is 0.0958. The number of rotatable bonds is 3. The molecule has 6 heteroatoms. The van der Waals surface area contributed by atoms with Crippen LogP contribution < -0.4 is 15.6 Å². The minimum atomic E-state index is -0.276. The number of benzene rings is 1. The number of aromatic amines is 1. The molecular weight excluding hydrogens is 306 g/mol. The van der Waals surface area contributed by atoms with Gasteiger partial charge >= 0.3 is 0 Å². The zero-order valence-electron chi connectivity index (χ0n) is 13.8. The molecule has 0 aliphatic carbocycles. The van der Waals surface area contributed by atoms with Crippen molar-refractivity contribution in [1.29, 1.82) is 0 Å². The van der Waals surface area contributed by atoms with Gasteiger partial charge in [0.2, 0.25) is 5.56 Å². The standard InChI is InChI=1S/C16H13N3O3.C2H6/c1-17-16(21)14-9-12(6-7-18-14)22-11-3-4-13-10(8-11)2-5-15(20)19-13;1-2/h2-9H,1H3,(H,17,21)(H,19,20);1-2H3. The quantitative estimate of drug-likeness (QED) is 0.775. The number of aromatic nitrogens is 2. The maximum absolute atomic E-state index is 11.6. The van der Waals surface area contributed by atoms with Crippen LogP contribution in [0.25, 0.3) is 10.9 Å². The Morgan fingerprint density at radius 2 is 1.83 bits per heavy atom. The van der Waals surface area contributed by atoms with Crippen molar-refractivity contribution in [2.24, 2.45) is 0 Å². The number of ether oxygens (including phenoxy) is 1. The molecule has 6 nitrogen and oxygen atoms in total. The summed E-state index contributed by atoms with van der Waals surface area (Å²) < 4.78 is 5.74. The highest BCUT2D eigenvalue weighted by atomic mass is 16.5. The molecule has 2 N–H and O–H groups in total. The van der Waals surface area contributed by atoms with Crippen molar-refractivity contribution in [3.8, 4) is 11.5 Å². The first-order chi connectivity index (χ1) is 11.7. The van der Waals surface area contributed by atoms with E-state index in [1.807, 2.05) is 19.9 Å². The van der Waals surface area contributed by atoms with Gasteiger partial charge in [-0.25, -0.2) is 0 Å². The number of H-pyrrole nitrogens is 1. The van der Waals surface area contributed by atoms with E-state index in [2.05, 4.69) is 15.3 Å². The van der Waals surface area contributed by atoms with Gasteiger partial charge in [-0.05, 0) is 30.3 Å². The van der Waals surface area contributed by atoms with Gasteiger partial charge in [0.15, 0.2) is 0 Å². The number of nitrogens with one attached hydrogen (secondary N) is 2. The van der Waals surface area contributed by atoms with E-state index in [0.29, 0.717) is 11.5 Å². The van der Waals surface area contributed by atoms with Gasteiger partial charge in [0, 0.05) is 36.3 Å². The summed E-state index contributed by atoms with van der Waals surface area (Å²) in [5.41, 5.74) is 0.872. The van der Waals surface area contributed by atoms with E-state index in [1.54, 1.807) is 37.4 Å². The van der Waals surface area contributed by atoms with E-state index >= 15 is 0 Å². The Morgan fingerprint density at radius 1 is 1.08 bits per heavy atom. The number of amides is 1. The molecule has 1 amide bonds. The minimum Gasteiger partial charge on any atom is -0.457 e. The molecule has 0 atom stereocenters. The van der Waals surface area contributed by atoms with Crippen LogP contribution in [0.1, 0.15) is 24.3 Å². The van der Waals surface area contributed by atoms with Crippen molar-refractivity contribution in [1.82, 2.24) is 15.3 Å². The second-order valence-corrected chi connectivity index (χ2v) is 4.63. The number of fused-ring (bicyclic) bond motifs is 1. The largest absolute Gasteiger partial charge is 0.457 e. The van der Waals surface area contributed by atoms with E-state index in [1.165, 1.54) is 12.3 Å². The van der Waals surface area contributed by atoms with Gasteiger partial charge in [-0.15, -0.1) is 0 Å². The van der Waals surface area contributed by atoms with Crippen LogP contribution in [0.4, 0.5) is 0 Å². The Labute approximate surface area is 139 Å². The van der Waals surface area contributed by atoms with Gasteiger partial charge in [-0.3, -0.25) is 14.6 Å². The molecule has 0 radical (unpaired) electrons. The minimum absolute atomic E-state index is 0.148. The Balaban J connectivity index is 0.00000100. The summed E-state index contributed by atoms with van der Waals surface area (Å²) in [7, 11) is 1.54. The Kier molecular flexibility index (Phi) is 5.68. The number of pyridine rings is 2. The Hall–Kier alpha value is -3.15. The second kappa shape index (κ2) is 7.92.